The lowest BCUT2D eigenvalue weighted by molar-refractivity contribution is -0.143. The van der Waals surface area contributed by atoms with E-state index < -0.39 is 66.9 Å². The molecule has 0 heterocycles. The van der Waals surface area contributed by atoms with Gasteiger partial charge in [-0.2, -0.15) is 11.8 Å². The van der Waals surface area contributed by atoms with Gasteiger partial charge in [0.15, 0.2) is 0 Å². The van der Waals surface area contributed by atoms with Crippen LogP contribution in [0.25, 0.3) is 0 Å². The predicted molar refractivity (Wildman–Crippen MR) is 113 cm³/mol. The second-order valence-electron chi connectivity index (χ2n) is 7.32. The molecule has 3 amide bonds. The van der Waals surface area contributed by atoms with E-state index in [2.05, 4.69) is 16.0 Å². The van der Waals surface area contributed by atoms with Gasteiger partial charge in [-0.1, -0.05) is 13.8 Å². The average Bonchev–Trinajstić information content (AvgIpc) is 2.66. The zero-order chi connectivity index (χ0) is 24.1. The highest BCUT2D eigenvalue weighted by Gasteiger charge is 2.30. The predicted octanol–water partition coefficient (Wildman–Crippen LogP) is -1.88. The van der Waals surface area contributed by atoms with Crippen molar-refractivity contribution in [3.05, 3.63) is 0 Å². The van der Waals surface area contributed by atoms with Crippen molar-refractivity contribution in [2.24, 2.45) is 11.7 Å². The molecule has 0 aromatic heterocycles. The van der Waals surface area contributed by atoms with Gasteiger partial charge in [0.1, 0.15) is 18.1 Å². The number of nitrogens with one attached hydrogen (secondary N) is 3. The number of carboxylic acid groups (broad SMARTS) is 2. The molecule has 0 saturated heterocycles. The van der Waals surface area contributed by atoms with E-state index in [9.17, 15) is 24.0 Å². The summed E-state index contributed by atoms with van der Waals surface area (Å²) in [5.41, 5.74) is 5.54. The fourth-order valence-electron chi connectivity index (χ4n) is 2.50. The van der Waals surface area contributed by atoms with E-state index in [0.29, 0.717) is 5.75 Å². The van der Waals surface area contributed by atoms with Gasteiger partial charge in [-0.3, -0.25) is 19.2 Å². The molecule has 0 aliphatic heterocycles. The molecule has 0 bridgehead atoms. The molecule has 0 aromatic rings. The minimum Gasteiger partial charge on any atom is -0.481 e. The van der Waals surface area contributed by atoms with Gasteiger partial charge in [-0.05, 0) is 30.8 Å². The Balaban J connectivity index is 5.37. The Labute approximate surface area is 184 Å². The lowest BCUT2D eigenvalue weighted by atomic mass is 10.0. The smallest absolute Gasteiger partial charge is 0.328 e. The van der Waals surface area contributed by atoms with Gasteiger partial charge in [0.05, 0.1) is 19.1 Å². The van der Waals surface area contributed by atoms with Gasteiger partial charge >= 0.3 is 11.9 Å². The Hall–Kier alpha value is -2.38. The van der Waals surface area contributed by atoms with Crippen molar-refractivity contribution >= 4 is 41.4 Å². The summed E-state index contributed by atoms with van der Waals surface area (Å²) >= 11 is 1.41. The molecule has 12 nitrogen and oxygen atoms in total. The number of aliphatic carboxylic acids is 2. The molecule has 178 valence electrons. The van der Waals surface area contributed by atoms with Crippen LogP contribution in [-0.2, 0) is 24.0 Å². The van der Waals surface area contributed by atoms with E-state index in [0.717, 1.165) is 0 Å². The summed E-state index contributed by atoms with van der Waals surface area (Å²) in [6.07, 6.45) is 1.55. The Kier molecular flexibility index (Phi) is 13.5. The van der Waals surface area contributed by atoms with Gasteiger partial charge < -0.3 is 37.0 Å². The van der Waals surface area contributed by atoms with Crippen molar-refractivity contribution in [1.82, 2.24) is 16.0 Å². The topological polar surface area (TPSA) is 208 Å². The Morgan fingerprint density at radius 3 is 1.87 bits per heavy atom. The second-order valence-corrected chi connectivity index (χ2v) is 8.31. The lowest BCUT2D eigenvalue weighted by Gasteiger charge is -2.25. The average molecular weight is 465 g/mol. The first-order valence-electron chi connectivity index (χ1n) is 9.63. The Bertz CT molecular complexity index is 646. The number of hydrogen-bond donors (Lipinski definition) is 7. The molecule has 8 N–H and O–H groups in total. The van der Waals surface area contributed by atoms with Gasteiger partial charge in [0.25, 0.3) is 0 Å². The SMILES string of the molecule is CSCCC(NC(=O)C(CC(C)C)NC(=O)C(N)CC(=O)O)C(=O)NC(CO)C(=O)O. The molecule has 0 aromatic carbocycles. The number of carbonyl (C=O) groups excluding carboxylic acids is 3. The summed E-state index contributed by atoms with van der Waals surface area (Å²) < 4.78 is 0. The fourth-order valence-corrected chi connectivity index (χ4v) is 2.97. The first-order chi connectivity index (χ1) is 14.4. The molecule has 0 radical (unpaired) electrons. The first-order valence-corrected chi connectivity index (χ1v) is 11.0. The molecule has 0 spiro atoms. The minimum absolute atomic E-state index is 0.0315. The largest absolute Gasteiger partial charge is 0.481 e. The summed E-state index contributed by atoms with van der Waals surface area (Å²) in [5, 5.41) is 33.9. The summed E-state index contributed by atoms with van der Waals surface area (Å²) in [4.78, 5) is 59.2. The van der Waals surface area contributed by atoms with Crippen LogP contribution in [0.4, 0.5) is 0 Å². The number of aliphatic hydroxyl groups is 1. The van der Waals surface area contributed by atoms with Crippen molar-refractivity contribution < 1.29 is 39.3 Å². The van der Waals surface area contributed by atoms with Crippen LogP contribution < -0.4 is 21.7 Å². The van der Waals surface area contributed by atoms with E-state index in [-0.39, 0.29) is 18.8 Å². The number of nitrogens with two attached hydrogens (primary N) is 1. The zero-order valence-corrected chi connectivity index (χ0v) is 18.6. The quantitative estimate of drug-likeness (QED) is 0.143. The number of rotatable bonds is 15. The van der Waals surface area contributed by atoms with Gasteiger partial charge in [0.2, 0.25) is 17.7 Å². The fraction of sp³-hybridized carbons (Fsp3) is 0.722. The number of amides is 3. The third-order valence-corrected chi connectivity index (χ3v) is 4.76. The second kappa shape index (κ2) is 14.6. The number of hydrogen-bond acceptors (Lipinski definition) is 8. The monoisotopic (exact) mass is 464 g/mol. The maximum atomic E-state index is 12.8. The van der Waals surface area contributed by atoms with Gasteiger partial charge in [-0.15, -0.1) is 0 Å². The van der Waals surface area contributed by atoms with Crippen LogP contribution in [0, 0.1) is 5.92 Å². The van der Waals surface area contributed by atoms with Crippen LogP contribution in [0.3, 0.4) is 0 Å². The molecule has 13 heteroatoms. The molecule has 0 saturated carbocycles. The van der Waals surface area contributed by atoms with Crippen molar-refractivity contribution in [3.8, 4) is 0 Å². The van der Waals surface area contributed by atoms with E-state index in [4.69, 9.17) is 21.1 Å². The molecule has 0 fully saturated rings. The molecular weight excluding hydrogens is 432 g/mol. The number of aliphatic hydroxyl groups excluding tert-OH is 1. The number of thioether (sulfide) groups is 1. The number of carbonyl (C=O) groups is 5. The van der Waals surface area contributed by atoms with Gasteiger partial charge in [-0.25, -0.2) is 4.79 Å². The van der Waals surface area contributed by atoms with E-state index in [1.807, 2.05) is 0 Å². The summed E-state index contributed by atoms with van der Waals surface area (Å²) in [6, 6.07) is -5.06. The molecular formula is C18H32N4O8S. The normalized spacial score (nSPS) is 14.8. The Morgan fingerprint density at radius 2 is 1.42 bits per heavy atom. The van der Waals surface area contributed by atoms with Crippen LogP contribution in [0.2, 0.25) is 0 Å². The highest BCUT2D eigenvalue weighted by atomic mass is 32.2. The van der Waals surface area contributed by atoms with Crippen LogP contribution in [0.1, 0.15) is 33.1 Å². The summed E-state index contributed by atoms with van der Waals surface area (Å²) in [7, 11) is 0. The highest BCUT2D eigenvalue weighted by molar-refractivity contribution is 7.98. The highest BCUT2D eigenvalue weighted by Crippen LogP contribution is 2.08. The molecule has 4 unspecified atom stereocenters. The third-order valence-electron chi connectivity index (χ3n) is 4.11. The van der Waals surface area contributed by atoms with E-state index >= 15 is 0 Å². The van der Waals surface area contributed by atoms with Crippen molar-refractivity contribution in [2.45, 2.75) is 57.3 Å². The Morgan fingerprint density at radius 1 is 0.903 bits per heavy atom. The number of carboxylic acids is 2. The standard InChI is InChI=1S/C18H32N4O8S/c1-9(2)6-12(21-15(26)10(19)7-14(24)25)17(28)20-11(4-5-31-3)16(27)22-13(8-23)18(29)30/h9-13,23H,4-8,19H2,1-3H3,(H,20,28)(H,21,26)(H,22,27)(H,24,25)(H,29,30). The van der Waals surface area contributed by atoms with Crippen LogP contribution in [-0.4, -0.2) is 87.8 Å². The van der Waals surface area contributed by atoms with Crippen LogP contribution in [0.15, 0.2) is 0 Å². The maximum Gasteiger partial charge on any atom is 0.328 e. The summed E-state index contributed by atoms with van der Waals surface area (Å²) in [5.74, 6) is -4.56. The molecule has 31 heavy (non-hydrogen) atoms. The van der Waals surface area contributed by atoms with Crippen molar-refractivity contribution in [3.63, 3.8) is 0 Å². The van der Waals surface area contributed by atoms with Crippen LogP contribution >= 0.6 is 11.8 Å². The maximum absolute atomic E-state index is 12.8. The molecule has 0 aliphatic rings. The third kappa shape index (κ3) is 11.5. The van der Waals surface area contributed by atoms with Crippen LogP contribution in [0.5, 0.6) is 0 Å². The zero-order valence-electron chi connectivity index (χ0n) is 17.8. The van der Waals surface area contributed by atoms with Gasteiger partial charge in [0, 0.05) is 0 Å². The van der Waals surface area contributed by atoms with Crippen molar-refractivity contribution in [1.29, 1.82) is 0 Å². The molecule has 0 rings (SSSR count). The first kappa shape index (κ1) is 28.6. The molecule has 0 aliphatic carbocycles. The summed E-state index contributed by atoms with van der Waals surface area (Å²) in [6.45, 7) is 2.79. The van der Waals surface area contributed by atoms with Crippen molar-refractivity contribution in [2.75, 3.05) is 18.6 Å². The van der Waals surface area contributed by atoms with E-state index in [1.54, 1.807) is 20.1 Å². The van der Waals surface area contributed by atoms with E-state index in [1.165, 1.54) is 11.8 Å². The molecule has 4 atom stereocenters. The minimum atomic E-state index is -1.53. The lowest BCUT2D eigenvalue weighted by Crippen LogP contribution is -2.57.